The first kappa shape index (κ1) is 15.9. The molecule has 0 spiro atoms. The molecule has 1 aliphatic rings. The number of piperazine rings is 1. The molecule has 3 heterocycles. The summed E-state index contributed by atoms with van der Waals surface area (Å²) < 4.78 is 7.84. The third kappa shape index (κ3) is 3.07. The molecule has 1 saturated heterocycles. The van der Waals surface area contributed by atoms with E-state index in [1.807, 2.05) is 23.0 Å². The maximum absolute atomic E-state index is 5.94. The van der Waals surface area contributed by atoms with E-state index in [4.69, 9.17) is 4.74 Å². The molecule has 1 unspecified atom stereocenters. The Morgan fingerprint density at radius 3 is 2.43 bits per heavy atom. The molecule has 0 saturated carbocycles. The Bertz CT molecular complexity index is 582. The molecule has 0 amide bonds. The zero-order chi connectivity index (χ0) is 16.1. The highest BCUT2D eigenvalue weighted by Crippen LogP contribution is 2.29. The predicted octanol–water partition coefficient (Wildman–Crippen LogP) is 1.37. The maximum Gasteiger partial charge on any atom is 0.225 e. The van der Waals surface area contributed by atoms with Crippen LogP contribution in [0.1, 0.15) is 12.8 Å². The van der Waals surface area contributed by atoms with Crippen LogP contribution in [0.5, 0.6) is 0 Å². The van der Waals surface area contributed by atoms with Gasteiger partial charge in [-0.15, -0.1) is 0 Å². The van der Waals surface area contributed by atoms with Crippen molar-refractivity contribution in [2.75, 3.05) is 38.2 Å². The van der Waals surface area contributed by atoms with Crippen molar-refractivity contribution in [3.8, 4) is 0 Å². The van der Waals surface area contributed by atoms with Gasteiger partial charge in [-0.1, -0.05) is 6.92 Å². The number of ether oxygens (including phenoxy) is 1. The van der Waals surface area contributed by atoms with Crippen molar-refractivity contribution < 1.29 is 4.74 Å². The molecule has 123 valence electrons. The van der Waals surface area contributed by atoms with E-state index in [2.05, 4.69) is 31.8 Å². The van der Waals surface area contributed by atoms with E-state index < -0.39 is 5.85 Å². The van der Waals surface area contributed by atoms with Crippen molar-refractivity contribution >= 4 is 5.95 Å². The van der Waals surface area contributed by atoms with Gasteiger partial charge in [-0.3, -0.25) is 4.90 Å². The Kier molecular flexibility index (Phi) is 4.88. The fraction of sp³-hybridized carbons (Fsp3) is 0.500. The van der Waals surface area contributed by atoms with Gasteiger partial charge in [0.25, 0.3) is 0 Å². The minimum atomic E-state index is -0.575. The molecule has 7 heteroatoms. The largest absolute Gasteiger partial charge is 0.344 e. The van der Waals surface area contributed by atoms with Crippen LogP contribution >= 0.6 is 0 Å². The van der Waals surface area contributed by atoms with Gasteiger partial charge in [0.1, 0.15) is 0 Å². The number of aromatic nitrogens is 4. The molecule has 0 bridgehead atoms. The van der Waals surface area contributed by atoms with Crippen molar-refractivity contribution in [1.29, 1.82) is 0 Å². The van der Waals surface area contributed by atoms with E-state index >= 15 is 0 Å². The van der Waals surface area contributed by atoms with E-state index in [9.17, 15) is 0 Å². The van der Waals surface area contributed by atoms with Gasteiger partial charge in [-0.25, -0.2) is 14.6 Å². The Hall–Kier alpha value is -1.99. The van der Waals surface area contributed by atoms with Crippen molar-refractivity contribution in [2.24, 2.45) is 0 Å². The van der Waals surface area contributed by atoms with Gasteiger partial charge in [-0.2, -0.15) is 5.10 Å². The zero-order valence-electron chi connectivity index (χ0n) is 13.5. The third-order valence-corrected chi connectivity index (χ3v) is 4.30. The average molecular weight is 315 g/mol. The van der Waals surface area contributed by atoms with E-state index in [1.54, 1.807) is 25.7 Å². The van der Waals surface area contributed by atoms with Gasteiger partial charge >= 0.3 is 0 Å². The van der Waals surface area contributed by atoms with Crippen LogP contribution in [0, 0.1) is 6.92 Å². The highest BCUT2D eigenvalue weighted by Gasteiger charge is 2.40. The second-order valence-corrected chi connectivity index (χ2v) is 5.52. The van der Waals surface area contributed by atoms with Gasteiger partial charge < -0.3 is 9.64 Å². The second-order valence-electron chi connectivity index (χ2n) is 5.52. The molecule has 0 aliphatic carbocycles. The molecule has 1 aliphatic heterocycles. The topological polar surface area (TPSA) is 59.3 Å². The number of rotatable bonds is 6. The van der Waals surface area contributed by atoms with E-state index in [0.717, 1.165) is 45.0 Å². The quantitative estimate of drug-likeness (QED) is 0.802. The lowest BCUT2D eigenvalue weighted by Gasteiger charge is -2.46. The molecule has 0 N–H and O–H groups in total. The van der Waals surface area contributed by atoms with Crippen LogP contribution in [0.15, 0.2) is 36.9 Å². The molecule has 0 aromatic carbocycles. The van der Waals surface area contributed by atoms with E-state index in [0.29, 0.717) is 0 Å². The first-order valence-electron chi connectivity index (χ1n) is 7.91. The predicted molar refractivity (Wildman–Crippen MR) is 87.6 cm³/mol. The molecular formula is C16H23N6O. The number of hydrogen-bond donors (Lipinski definition) is 0. The summed E-state index contributed by atoms with van der Waals surface area (Å²) in [6, 6.07) is 3.76. The summed E-state index contributed by atoms with van der Waals surface area (Å²) in [5, 5.41) is 4.41. The average Bonchev–Trinajstić information content (AvgIpc) is 3.16. The normalized spacial score (nSPS) is 18.8. The summed E-state index contributed by atoms with van der Waals surface area (Å²) in [7, 11) is 1.74. The molecule has 23 heavy (non-hydrogen) atoms. The van der Waals surface area contributed by atoms with Gasteiger partial charge in [0.15, 0.2) is 0 Å². The molecule has 1 radical (unpaired) electrons. The summed E-state index contributed by atoms with van der Waals surface area (Å²) in [6.07, 6.45) is 8.85. The van der Waals surface area contributed by atoms with Gasteiger partial charge in [0.05, 0.1) is 0 Å². The Labute approximate surface area is 136 Å². The molecule has 2 aromatic heterocycles. The lowest BCUT2D eigenvalue weighted by atomic mass is 10.1. The standard InChI is InChI=1S/C16H23N6O/c1-3-6-16(23-2,22-10-5-9-19-22)21-13-11-20(12-14-21)15-17-7-4-8-18-15/h4-5,7-10H,1,3,6,11-14H2,2H3. The van der Waals surface area contributed by atoms with E-state index in [-0.39, 0.29) is 0 Å². The Morgan fingerprint density at radius 1 is 1.13 bits per heavy atom. The summed E-state index contributed by atoms with van der Waals surface area (Å²) in [5.74, 6) is 0.209. The lowest BCUT2D eigenvalue weighted by Crippen LogP contribution is -2.59. The van der Waals surface area contributed by atoms with Crippen LogP contribution in [0.25, 0.3) is 0 Å². The van der Waals surface area contributed by atoms with Crippen LogP contribution < -0.4 is 4.90 Å². The van der Waals surface area contributed by atoms with Crippen molar-refractivity contribution in [2.45, 2.75) is 18.7 Å². The van der Waals surface area contributed by atoms with Crippen molar-refractivity contribution in [3.05, 3.63) is 43.8 Å². The number of nitrogens with zero attached hydrogens (tertiary/aromatic N) is 6. The summed E-state index contributed by atoms with van der Waals surface area (Å²) >= 11 is 0. The Morgan fingerprint density at radius 2 is 1.87 bits per heavy atom. The highest BCUT2D eigenvalue weighted by molar-refractivity contribution is 5.29. The van der Waals surface area contributed by atoms with Crippen LogP contribution in [0.2, 0.25) is 0 Å². The first-order valence-corrected chi connectivity index (χ1v) is 7.91. The Balaban J connectivity index is 1.76. The first-order chi connectivity index (χ1) is 11.3. The fourth-order valence-electron chi connectivity index (χ4n) is 3.16. The molecule has 1 fully saturated rings. The smallest absolute Gasteiger partial charge is 0.225 e. The van der Waals surface area contributed by atoms with Crippen molar-refractivity contribution in [3.63, 3.8) is 0 Å². The fourth-order valence-corrected chi connectivity index (χ4v) is 3.16. The molecule has 2 aromatic rings. The zero-order valence-corrected chi connectivity index (χ0v) is 13.5. The van der Waals surface area contributed by atoms with Crippen LogP contribution in [-0.4, -0.2) is 57.9 Å². The summed E-state index contributed by atoms with van der Waals surface area (Å²) in [5.41, 5.74) is 0. The van der Waals surface area contributed by atoms with Crippen LogP contribution in [0.4, 0.5) is 5.95 Å². The number of anilines is 1. The maximum atomic E-state index is 5.94. The second kappa shape index (κ2) is 7.06. The number of hydrogen-bond acceptors (Lipinski definition) is 6. The van der Waals surface area contributed by atoms with Gasteiger partial charge in [0, 0.05) is 64.5 Å². The van der Waals surface area contributed by atoms with Crippen LogP contribution in [0.3, 0.4) is 0 Å². The molecular weight excluding hydrogens is 292 g/mol. The highest BCUT2D eigenvalue weighted by atomic mass is 16.5. The summed E-state index contributed by atoms with van der Waals surface area (Å²) in [6.45, 7) is 7.42. The number of methoxy groups -OCH3 is 1. The SMILES string of the molecule is [CH2]CCC(OC)(N1CCN(c2ncccn2)CC1)n1cccn1. The molecule has 7 nitrogen and oxygen atoms in total. The minimum absolute atomic E-state index is 0.575. The van der Waals surface area contributed by atoms with Crippen molar-refractivity contribution in [1.82, 2.24) is 24.6 Å². The lowest BCUT2D eigenvalue weighted by molar-refractivity contribution is -0.212. The molecule has 1 atom stereocenters. The minimum Gasteiger partial charge on any atom is -0.344 e. The van der Waals surface area contributed by atoms with Crippen LogP contribution in [-0.2, 0) is 10.6 Å². The van der Waals surface area contributed by atoms with E-state index in [1.165, 1.54) is 0 Å². The van der Waals surface area contributed by atoms with Gasteiger partial charge in [0.2, 0.25) is 11.8 Å². The summed E-state index contributed by atoms with van der Waals surface area (Å²) in [4.78, 5) is 13.2. The van der Waals surface area contributed by atoms with Gasteiger partial charge in [-0.05, 0) is 18.6 Å². The molecule has 3 rings (SSSR count). The third-order valence-electron chi connectivity index (χ3n) is 4.30. The monoisotopic (exact) mass is 315 g/mol.